The van der Waals surface area contributed by atoms with Crippen molar-refractivity contribution in [2.45, 2.75) is 13.0 Å². The summed E-state index contributed by atoms with van der Waals surface area (Å²) in [6, 6.07) is 7.62. The Bertz CT molecular complexity index is 560. The molecule has 0 aliphatic heterocycles. The molecule has 0 saturated heterocycles. The van der Waals surface area contributed by atoms with E-state index in [1.165, 1.54) is 4.90 Å². The van der Waals surface area contributed by atoms with Crippen LogP contribution in [0.4, 0.5) is 5.69 Å². The SMILES string of the molecule is C=CC(=O)C(C(=O)OCC)N(C)c1ccccc1C#N. The largest absolute Gasteiger partial charge is 0.464 e. The molecule has 1 aromatic rings. The normalized spacial score (nSPS) is 11.1. The van der Waals surface area contributed by atoms with Crippen LogP contribution in [0.3, 0.4) is 0 Å². The van der Waals surface area contributed by atoms with E-state index < -0.39 is 17.8 Å². The van der Waals surface area contributed by atoms with E-state index in [0.717, 1.165) is 6.08 Å². The zero-order chi connectivity index (χ0) is 15.1. The van der Waals surface area contributed by atoms with E-state index in [-0.39, 0.29) is 6.61 Å². The highest BCUT2D eigenvalue weighted by Gasteiger charge is 2.31. The molecule has 1 atom stereocenters. The number of hydrogen-bond donors (Lipinski definition) is 0. The predicted molar refractivity (Wildman–Crippen MR) is 75.2 cm³/mol. The second kappa shape index (κ2) is 7.10. The number of carbonyl (C=O) groups is 2. The molecule has 0 bridgehead atoms. The summed E-state index contributed by atoms with van der Waals surface area (Å²) in [4.78, 5) is 25.3. The number of ketones is 1. The second-order valence-electron chi connectivity index (χ2n) is 4.00. The summed E-state index contributed by atoms with van der Waals surface area (Å²) >= 11 is 0. The van der Waals surface area contributed by atoms with Crippen LogP contribution in [0.5, 0.6) is 0 Å². The molecule has 0 N–H and O–H groups in total. The van der Waals surface area contributed by atoms with Gasteiger partial charge in [-0.1, -0.05) is 18.7 Å². The third-order valence-corrected chi connectivity index (χ3v) is 2.77. The first-order valence-electron chi connectivity index (χ1n) is 6.11. The van der Waals surface area contributed by atoms with E-state index in [0.29, 0.717) is 11.3 Å². The van der Waals surface area contributed by atoms with Crippen LogP contribution in [0, 0.1) is 11.3 Å². The van der Waals surface area contributed by atoms with Crippen LogP contribution in [0.1, 0.15) is 12.5 Å². The predicted octanol–water partition coefficient (Wildman–Crippen LogP) is 1.68. The van der Waals surface area contributed by atoms with Gasteiger partial charge < -0.3 is 9.64 Å². The minimum absolute atomic E-state index is 0.174. The fraction of sp³-hybridized carbons (Fsp3) is 0.267. The van der Waals surface area contributed by atoms with Crippen LogP contribution in [0.2, 0.25) is 0 Å². The average Bonchev–Trinajstić information content (AvgIpc) is 2.47. The summed E-state index contributed by atoms with van der Waals surface area (Å²) < 4.78 is 4.91. The Balaban J connectivity index is 3.20. The fourth-order valence-electron chi connectivity index (χ4n) is 1.81. The summed E-state index contributed by atoms with van der Waals surface area (Å²) in [7, 11) is 1.57. The summed E-state index contributed by atoms with van der Waals surface area (Å²) in [6.45, 7) is 5.23. The van der Waals surface area contributed by atoms with Gasteiger partial charge in [0.2, 0.25) is 0 Å². The van der Waals surface area contributed by atoms with Crippen molar-refractivity contribution >= 4 is 17.4 Å². The highest BCUT2D eigenvalue weighted by Crippen LogP contribution is 2.21. The average molecular weight is 272 g/mol. The zero-order valence-corrected chi connectivity index (χ0v) is 11.5. The Morgan fingerprint density at radius 3 is 2.70 bits per heavy atom. The molecule has 5 heteroatoms. The number of para-hydroxylation sites is 1. The number of likely N-dealkylation sites (N-methyl/N-ethyl adjacent to an activating group) is 1. The molecule has 0 radical (unpaired) electrons. The molecule has 0 fully saturated rings. The van der Waals surface area contributed by atoms with Crippen molar-refractivity contribution in [3.05, 3.63) is 42.5 Å². The van der Waals surface area contributed by atoms with Crippen molar-refractivity contribution in [3.8, 4) is 6.07 Å². The van der Waals surface area contributed by atoms with Crippen LogP contribution in [-0.4, -0.2) is 31.4 Å². The highest BCUT2D eigenvalue weighted by atomic mass is 16.5. The maximum Gasteiger partial charge on any atom is 0.336 e. The molecule has 0 aliphatic rings. The molecular weight excluding hydrogens is 256 g/mol. The Labute approximate surface area is 118 Å². The molecule has 0 spiro atoms. The number of nitrogens with zero attached hydrogens (tertiary/aromatic N) is 2. The number of hydrogen-bond acceptors (Lipinski definition) is 5. The van der Waals surface area contributed by atoms with E-state index in [9.17, 15) is 9.59 Å². The molecule has 1 aromatic carbocycles. The van der Waals surface area contributed by atoms with E-state index in [1.807, 2.05) is 6.07 Å². The lowest BCUT2D eigenvalue weighted by atomic mass is 10.1. The quantitative estimate of drug-likeness (QED) is 0.447. The third kappa shape index (κ3) is 3.23. The van der Waals surface area contributed by atoms with Gasteiger partial charge in [0.05, 0.1) is 17.9 Å². The minimum atomic E-state index is -1.14. The van der Waals surface area contributed by atoms with Gasteiger partial charge in [-0.25, -0.2) is 4.79 Å². The molecule has 0 aromatic heterocycles. The maximum absolute atomic E-state index is 11.9. The maximum atomic E-state index is 11.9. The van der Waals surface area contributed by atoms with Gasteiger partial charge >= 0.3 is 5.97 Å². The Morgan fingerprint density at radius 1 is 1.50 bits per heavy atom. The van der Waals surface area contributed by atoms with Gasteiger partial charge in [0, 0.05) is 7.05 Å². The monoisotopic (exact) mass is 272 g/mol. The molecule has 0 heterocycles. The number of esters is 1. The summed E-state index contributed by atoms with van der Waals surface area (Å²) in [6.07, 6.45) is 1.08. The summed E-state index contributed by atoms with van der Waals surface area (Å²) in [5.74, 6) is -1.13. The Morgan fingerprint density at radius 2 is 2.15 bits per heavy atom. The standard InChI is InChI=1S/C15H16N2O3/c1-4-13(18)14(15(19)20-5-2)17(3)12-9-7-6-8-11(12)10-16/h4,6-9,14H,1,5H2,2-3H3. The van der Waals surface area contributed by atoms with Crippen molar-refractivity contribution in [1.82, 2.24) is 0 Å². The topological polar surface area (TPSA) is 70.4 Å². The van der Waals surface area contributed by atoms with Gasteiger partial charge in [-0.2, -0.15) is 5.26 Å². The van der Waals surface area contributed by atoms with Gasteiger partial charge in [-0.15, -0.1) is 0 Å². The molecule has 5 nitrogen and oxygen atoms in total. The van der Waals surface area contributed by atoms with Crippen LogP contribution < -0.4 is 4.90 Å². The number of carbonyl (C=O) groups excluding carboxylic acids is 2. The molecule has 1 rings (SSSR count). The van der Waals surface area contributed by atoms with Crippen molar-refractivity contribution in [3.63, 3.8) is 0 Å². The summed E-state index contributed by atoms with van der Waals surface area (Å²) in [5.41, 5.74) is 0.865. The van der Waals surface area contributed by atoms with E-state index in [2.05, 4.69) is 6.58 Å². The number of ether oxygens (including phenoxy) is 1. The molecule has 0 amide bonds. The van der Waals surface area contributed by atoms with Crippen molar-refractivity contribution in [2.75, 3.05) is 18.6 Å². The molecule has 20 heavy (non-hydrogen) atoms. The van der Waals surface area contributed by atoms with Gasteiger partial charge in [0.1, 0.15) is 6.07 Å². The van der Waals surface area contributed by atoms with Crippen molar-refractivity contribution < 1.29 is 14.3 Å². The molecule has 0 aliphatic carbocycles. The molecule has 104 valence electrons. The second-order valence-corrected chi connectivity index (χ2v) is 4.00. The number of benzene rings is 1. The van der Waals surface area contributed by atoms with Crippen LogP contribution in [-0.2, 0) is 14.3 Å². The summed E-state index contributed by atoms with van der Waals surface area (Å²) in [5, 5.41) is 9.09. The van der Waals surface area contributed by atoms with Crippen LogP contribution in [0.25, 0.3) is 0 Å². The fourth-order valence-corrected chi connectivity index (χ4v) is 1.81. The van der Waals surface area contributed by atoms with E-state index in [1.54, 1.807) is 38.2 Å². The third-order valence-electron chi connectivity index (χ3n) is 2.77. The van der Waals surface area contributed by atoms with Crippen molar-refractivity contribution in [1.29, 1.82) is 5.26 Å². The smallest absolute Gasteiger partial charge is 0.336 e. The lowest BCUT2D eigenvalue weighted by molar-refractivity contribution is -0.146. The van der Waals surface area contributed by atoms with Gasteiger partial charge in [0.25, 0.3) is 0 Å². The van der Waals surface area contributed by atoms with Gasteiger partial charge in [-0.3, -0.25) is 4.79 Å². The first kappa shape index (κ1) is 15.4. The van der Waals surface area contributed by atoms with Crippen LogP contribution >= 0.6 is 0 Å². The lowest BCUT2D eigenvalue weighted by Gasteiger charge is -2.27. The molecular formula is C15H16N2O3. The zero-order valence-electron chi connectivity index (χ0n) is 11.5. The minimum Gasteiger partial charge on any atom is -0.464 e. The van der Waals surface area contributed by atoms with Crippen LogP contribution in [0.15, 0.2) is 36.9 Å². The first-order valence-corrected chi connectivity index (χ1v) is 6.11. The van der Waals surface area contributed by atoms with Gasteiger partial charge in [-0.05, 0) is 25.1 Å². The lowest BCUT2D eigenvalue weighted by Crippen LogP contribution is -2.45. The number of nitriles is 1. The number of rotatable bonds is 6. The molecule has 0 saturated carbocycles. The highest BCUT2D eigenvalue weighted by molar-refractivity contribution is 6.11. The Hall–Kier alpha value is -2.61. The number of anilines is 1. The van der Waals surface area contributed by atoms with Gasteiger partial charge in [0.15, 0.2) is 11.8 Å². The molecule has 1 unspecified atom stereocenters. The van der Waals surface area contributed by atoms with E-state index in [4.69, 9.17) is 10.00 Å². The first-order chi connectivity index (χ1) is 9.56. The van der Waals surface area contributed by atoms with Crippen molar-refractivity contribution in [2.24, 2.45) is 0 Å². The Kier molecular flexibility index (Phi) is 5.48. The van der Waals surface area contributed by atoms with E-state index >= 15 is 0 Å².